The summed E-state index contributed by atoms with van der Waals surface area (Å²) in [6.07, 6.45) is 1.87. The Balaban J connectivity index is 1.58. The van der Waals surface area contributed by atoms with Crippen LogP contribution in [-0.4, -0.2) is 41.9 Å². The highest BCUT2D eigenvalue weighted by Crippen LogP contribution is 2.32. The predicted molar refractivity (Wildman–Crippen MR) is 118 cm³/mol. The van der Waals surface area contributed by atoms with Crippen LogP contribution in [0.25, 0.3) is 22.0 Å². The number of carbonyl (C=O) groups is 1. The predicted octanol–water partition coefficient (Wildman–Crippen LogP) is 3.58. The lowest BCUT2D eigenvalue weighted by Crippen LogP contribution is -2.35. The number of nitrogens with zero attached hydrogens (tertiary/aromatic N) is 2. The van der Waals surface area contributed by atoms with Crippen molar-refractivity contribution in [2.75, 3.05) is 23.1 Å². The molecule has 1 aromatic heterocycles. The summed E-state index contributed by atoms with van der Waals surface area (Å²) in [7, 11) is -3.59. The first-order chi connectivity index (χ1) is 14.4. The minimum absolute atomic E-state index is 0.0145. The van der Waals surface area contributed by atoms with Gasteiger partial charge in [-0.3, -0.25) is 14.6 Å². The van der Waals surface area contributed by atoms with Gasteiger partial charge in [-0.2, -0.15) is 17.8 Å². The van der Waals surface area contributed by atoms with E-state index >= 15 is 0 Å². The van der Waals surface area contributed by atoms with E-state index in [0.717, 1.165) is 34.9 Å². The van der Waals surface area contributed by atoms with Crippen LogP contribution in [0.3, 0.4) is 0 Å². The number of amides is 1. The first-order valence-electron chi connectivity index (χ1n) is 10.1. The van der Waals surface area contributed by atoms with Gasteiger partial charge in [0.25, 0.3) is 0 Å². The number of rotatable bonds is 8. The summed E-state index contributed by atoms with van der Waals surface area (Å²) < 4.78 is 29.0. The van der Waals surface area contributed by atoms with Gasteiger partial charge in [0, 0.05) is 24.4 Å². The zero-order chi connectivity index (χ0) is 21.3. The highest BCUT2D eigenvalue weighted by Gasteiger charge is 2.30. The van der Waals surface area contributed by atoms with Crippen LogP contribution in [0.2, 0.25) is 0 Å². The van der Waals surface area contributed by atoms with Gasteiger partial charge in [0.05, 0.1) is 11.2 Å². The number of hydrogen-bond donors (Lipinski definition) is 3. The largest absolute Gasteiger partial charge is 0.308 e. The zero-order valence-corrected chi connectivity index (χ0v) is 17.8. The molecule has 2 aromatic carbocycles. The first kappa shape index (κ1) is 20.4. The molecule has 158 valence electrons. The number of aromatic amines is 1. The summed E-state index contributed by atoms with van der Waals surface area (Å²) >= 11 is 0. The molecule has 1 aliphatic carbocycles. The Hall–Kier alpha value is -2.91. The van der Waals surface area contributed by atoms with Crippen molar-refractivity contribution in [3.8, 4) is 11.1 Å². The number of fused-ring (bicyclic) bond motifs is 1. The van der Waals surface area contributed by atoms with Gasteiger partial charge in [0.1, 0.15) is 0 Å². The maximum absolute atomic E-state index is 12.5. The smallest absolute Gasteiger partial charge is 0.301 e. The van der Waals surface area contributed by atoms with Gasteiger partial charge < -0.3 is 5.32 Å². The molecule has 1 heterocycles. The van der Waals surface area contributed by atoms with Crippen molar-refractivity contribution in [3.63, 3.8) is 0 Å². The first-order valence-corrected chi connectivity index (χ1v) is 11.5. The standard InChI is InChI=1S/C21H25N5O3S/c1-3-26(4-2)30(28,29)25-17-7-5-6-15(12-17)16-10-11-18-19(13-16)23-24-20(18)22-21(27)14-8-9-14/h5-7,10-14,25H,3-4,8-9H2,1-2H3,(H2,22,23,24,27). The second-order valence-electron chi connectivity index (χ2n) is 7.37. The fourth-order valence-corrected chi connectivity index (χ4v) is 4.63. The Bertz CT molecular complexity index is 1180. The molecule has 30 heavy (non-hydrogen) atoms. The second-order valence-corrected chi connectivity index (χ2v) is 9.04. The number of nitrogens with one attached hydrogen (secondary N) is 3. The minimum atomic E-state index is -3.59. The van der Waals surface area contributed by atoms with Crippen molar-refractivity contribution in [2.45, 2.75) is 26.7 Å². The number of hydrogen-bond acceptors (Lipinski definition) is 4. The molecule has 0 atom stereocenters. The highest BCUT2D eigenvalue weighted by molar-refractivity contribution is 7.90. The Kier molecular flexibility index (Phi) is 5.48. The topological polar surface area (TPSA) is 107 Å². The fraction of sp³-hybridized carbons (Fsp3) is 0.333. The van der Waals surface area contributed by atoms with Gasteiger partial charge in [0.2, 0.25) is 5.91 Å². The monoisotopic (exact) mass is 427 g/mol. The number of aromatic nitrogens is 2. The fourth-order valence-electron chi connectivity index (χ4n) is 3.40. The molecule has 1 amide bonds. The van der Waals surface area contributed by atoms with Crippen LogP contribution < -0.4 is 10.0 Å². The molecule has 0 unspecified atom stereocenters. The molecule has 0 saturated heterocycles. The van der Waals surface area contributed by atoms with Gasteiger partial charge in [-0.15, -0.1) is 0 Å². The molecule has 8 nitrogen and oxygen atoms in total. The molecule has 3 aromatic rings. The summed E-state index contributed by atoms with van der Waals surface area (Å²) in [6, 6.07) is 13.0. The van der Waals surface area contributed by atoms with E-state index in [1.165, 1.54) is 4.31 Å². The van der Waals surface area contributed by atoms with Gasteiger partial charge >= 0.3 is 10.2 Å². The molecule has 1 fully saturated rings. The van der Waals surface area contributed by atoms with E-state index in [2.05, 4.69) is 20.2 Å². The Morgan fingerprint density at radius 2 is 1.87 bits per heavy atom. The van der Waals surface area contributed by atoms with Crippen molar-refractivity contribution in [3.05, 3.63) is 42.5 Å². The van der Waals surface area contributed by atoms with Crippen molar-refractivity contribution in [1.29, 1.82) is 0 Å². The van der Waals surface area contributed by atoms with Crippen LogP contribution in [0.15, 0.2) is 42.5 Å². The summed E-state index contributed by atoms with van der Waals surface area (Å²) in [5, 5.41) is 10.9. The summed E-state index contributed by atoms with van der Waals surface area (Å²) in [4.78, 5) is 12.0. The van der Waals surface area contributed by atoms with Crippen molar-refractivity contribution >= 4 is 38.5 Å². The molecular formula is C21H25N5O3S. The van der Waals surface area contributed by atoms with E-state index in [1.807, 2.05) is 30.3 Å². The van der Waals surface area contributed by atoms with Gasteiger partial charge in [-0.1, -0.05) is 32.0 Å². The van der Waals surface area contributed by atoms with E-state index in [0.29, 0.717) is 24.6 Å². The van der Waals surface area contributed by atoms with Crippen LogP contribution >= 0.6 is 0 Å². The van der Waals surface area contributed by atoms with Crippen LogP contribution in [0.1, 0.15) is 26.7 Å². The van der Waals surface area contributed by atoms with E-state index in [-0.39, 0.29) is 11.8 Å². The lowest BCUT2D eigenvalue weighted by atomic mass is 10.0. The molecular weight excluding hydrogens is 402 g/mol. The Morgan fingerprint density at radius 1 is 1.13 bits per heavy atom. The summed E-state index contributed by atoms with van der Waals surface area (Å²) in [6.45, 7) is 4.42. The Labute approximate surface area is 175 Å². The average molecular weight is 428 g/mol. The van der Waals surface area contributed by atoms with Crippen LogP contribution in [0.5, 0.6) is 0 Å². The molecule has 1 saturated carbocycles. The lowest BCUT2D eigenvalue weighted by molar-refractivity contribution is -0.117. The molecule has 0 radical (unpaired) electrons. The number of carbonyl (C=O) groups excluding carboxylic acids is 1. The van der Waals surface area contributed by atoms with E-state index in [4.69, 9.17) is 0 Å². The van der Waals surface area contributed by atoms with Crippen molar-refractivity contribution in [1.82, 2.24) is 14.5 Å². The van der Waals surface area contributed by atoms with Gasteiger partial charge in [-0.25, -0.2) is 0 Å². The maximum atomic E-state index is 12.5. The average Bonchev–Trinajstić information content (AvgIpc) is 3.51. The minimum Gasteiger partial charge on any atom is -0.308 e. The van der Waals surface area contributed by atoms with E-state index in [1.54, 1.807) is 26.0 Å². The molecule has 0 bridgehead atoms. The molecule has 1 aliphatic rings. The molecule has 3 N–H and O–H groups in total. The SMILES string of the molecule is CCN(CC)S(=O)(=O)Nc1cccc(-c2ccc3c(NC(=O)C4CC4)n[nH]c3c2)c1. The quantitative estimate of drug-likeness (QED) is 0.511. The zero-order valence-electron chi connectivity index (χ0n) is 17.0. The summed E-state index contributed by atoms with van der Waals surface area (Å²) in [5.41, 5.74) is 3.08. The molecule has 9 heteroatoms. The lowest BCUT2D eigenvalue weighted by Gasteiger charge is -2.19. The van der Waals surface area contributed by atoms with E-state index in [9.17, 15) is 13.2 Å². The molecule has 0 aliphatic heterocycles. The third-order valence-corrected chi connectivity index (χ3v) is 6.93. The summed E-state index contributed by atoms with van der Waals surface area (Å²) in [5.74, 6) is 0.661. The molecule has 0 spiro atoms. The number of anilines is 2. The van der Waals surface area contributed by atoms with Gasteiger partial charge in [-0.05, 0) is 48.2 Å². The van der Waals surface area contributed by atoms with Crippen molar-refractivity contribution < 1.29 is 13.2 Å². The Morgan fingerprint density at radius 3 is 2.57 bits per heavy atom. The maximum Gasteiger partial charge on any atom is 0.301 e. The van der Waals surface area contributed by atoms with E-state index < -0.39 is 10.2 Å². The molecule has 4 rings (SSSR count). The third-order valence-electron chi connectivity index (χ3n) is 5.24. The number of H-pyrrole nitrogens is 1. The van der Waals surface area contributed by atoms with Gasteiger partial charge in [0.15, 0.2) is 5.82 Å². The normalized spacial score (nSPS) is 14.2. The number of benzene rings is 2. The van der Waals surface area contributed by atoms with Crippen LogP contribution in [-0.2, 0) is 15.0 Å². The highest BCUT2D eigenvalue weighted by atomic mass is 32.2. The third kappa shape index (κ3) is 4.17. The van der Waals surface area contributed by atoms with Crippen LogP contribution in [0.4, 0.5) is 11.5 Å². The van der Waals surface area contributed by atoms with Crippen molar-refractivity contribution in [2.24, 2.45) is 5.92 Å². The van der Waals surface area contributed by atoms with Crippen LogP contribution in [0, 0.1) is 5.92 Å². The second kappa shape index (κ2) is 8.08.